The van der Waals surface area contributed by atoms with E-state index in [0.717, 1.165) is 26.5 Å². The molecule has 2 atom stereocenters. The van der Waals surface area contributed by atoms with E-state index in [2.05, 4.69) is 42.1 Å². The van der Waals surface area contributed by atoms with E-state index in [0.29, 0.717) is 0 Å². The van der Waals surface area contributed by atoms with E-state index in [9.17, 15) is 5.11 Å². The third-order valence-electron chi connectivity index (χ3n) is 2.79. The fraction of sp³-hybridized carbons (Fsp3) is 0.133. The zero-order valence-corrected chi connectivity index (χ0v) is 16.1. The molecule has 0 aliphatic heterocycles. The Labute approximate surface area is 151 Å². The Kier molecular flexibility index (Phi) is 6.47. The highest BCUT2D eigenvalue weighted by Gasteiger charge is 2.06. The van der Waals surface area contributed by atoms with Gasteiger partial charge in [-0.2, -0.15) is 0 Å². The number of halogens is 1. The molecule has 2 radical (unpaired) electrons. The first kappa shape index (κ1) is 17.5. The predicted molar refractivity (Wildman–Crippen MR) is 110 cm³/mol. The van der Waals surface area contributed by atoms with Gasteiger partial charge in [-0.25, -0.2) is 4.98 Å². The van der Waals surface area contributed by atoms with Crippen molar-refractivity contribution in [1.29, 1.82) is 0 Å². The molecule has 1 aromatic heterocycles. The predicted octanol–water partition coefficient (Wildman–Crippen LogP) is 4.46. The third kappa shape index (κ3) is 4.83. The van der Waals surface area contributed by atoms with Crippen LogP contribution in [0.3, 0.4) is 0 Å². The normalized spacial score (nSPS) is 11.6. The van der Waals surface area contributed by atoms with Crippen molar-refractivity contribution in [3.63, 3.8) is 0 Å². The summed E-state index contributed by atoms with van der Waals surface area (Å²) in [5.74, 6) is 0.281. The lowest BCUT2D eigenvalue weighted by molar-refractivity contribution is 0.476. The maximum Gasteiger partial charge on any atom is 0.124 e. The van der Waals surface area contributed by atoms with Crippen molar-refractivity contribution in [2.45, 2.75) is 3.57 Å². The zero-order valence-electron chi connectivity index (χ0n) is 12.0. The van der Waals surface area contributed by atoms with Gasteiger partial charge in [-0.05, 0) is 46.0 Å². The van der Waals surface area contributed by atoms with E-state index in [1.807, 2.05) is 37.4 Å². The fourth-order valence-corrected chi connectivity index (χ4v) is 2.82. The first-order valence-corrected chi connectivity index (χ1v) is 9.25. The Hall–Kier alpha value is -0.845. The average molecular weight is 438 g/mol. The topological polar surface area (TPSA) is 45.2 Å². The van der Waals surface area contributed by atoms with Crippen molar-refractivity contribution in [2.75, 3.05) is 12.4 Å². The molecule has 1 heterocycles. The Morgan fingerprint density at radius 1 is 1.27 bits per heavy atom. The van der Waals surface area contributed by atoms with E-state index in [1.54, 1.807) is 23.5 Å². The van der Waals surface area contributed by atoms with Gasteiger partial charge in [-0.3, -0.25) is 0 Å². The highest BCUT2D eigenvalue weighted by molar-refractivity contribution is 14.1. The molecule has 0 aliphatic carbocycles. The van der Waals surface area contributed by atoms with E-state index < -0.39 is 0 Å². The number of nitrogens with zero attached hydrogens (tertiary/aromatic N) is 1. The van der Waals surface area contributed by atoms with Crippen LogP contribution in [0.15, 0.2) is 42.5 Å². The van der Waals surface area contributed by atoms with Gasteiger partial charge >= 0.3 is 0 Å². The summed E-state index contributed by atoms with van der Waals surface area (Å²) in [6.45, 7) is 0. The van der Waals surface area contributed by atoms with E-state index in [1.165, 1.54) is 0 Å². The molecule has 0 saturated carbocycles. The van der Waals surface area contributed by atoms with Crippen LogP contribution < -0.4 is 5.32 Å². The second-order valence-corrected chi connectivity index (χ2v) is 8.99. The molecule has 112 valence electrons. The van der Waals surface area contributed by atoms with Crippen LogP contribution >= 0.6 is 43.2 Å². The summed E-state index contributed by atoms with van der Waals surface area (Å²) in [4.78, 5) is 4.57. The summed E-state index contributed by atoms with van der Waals surface area (Å²) < 4.78 is 1.22. The van der Waals surface area contributed by atoms with Gasteiger partial charge in [0.1, 0.15) is 10.8 Å². The van der Waals surface area contributed by atoms with Crippen LogP contribution in [0, 0.1) is 0 Å². The number of anilines is 1. The van der Waals surface area contributed by atoms with Crippen LogP contribution in [0.4, 0.5) is 5.69 Å². The second kappa shape index (κ2) is 8.13. The van der Waals surface area contributed by atoms with E-state index in [-0.39, 0.29) is 9.31 Å². The summed E-state index contributed by atoms with van der Waals surface area (Å²) in [6.07, 6.45) is 0. The molecule has 0 aliphatic rings. The molecule has 3 aromatic rings. The van der Waals surface area contributed by atoms with Gasteiger partial charge in [-0.1, -0.05) is 22.6 Å². The van der Waals surface area contributed by atoms with Gasteiger partial charge in [0, 0.05) is 18.3 Å². The molecule has 22 heavy (non-hydrogen) atoms. The first-order chi connectivity index (χ1) is 10.5. The van der Waals surface area contributed by atoms with Gasteiger partial charge in [-0.15, -0.1) is 20.6 Å². The van der Waals surface area contributed by atoms with Gasteiger partial charge < -0.3 is 10.4 Å². The number of aromatic hydroxyl groups is 1. The van der Waals surface area contributed by atoms with Crippen LogP contribution in [0.1, 0.15) is 0 Å². The molecule has 0 bridgehead atoms. The largest absolute Gasteiger partial charge is 0.508 e. The number of fused-ring (bicyclic) bond motifs is 1. The van der Waals surface area contributed by atoms with E-state index in [4.69, 9.17) is 7.85 Å². The number of phenolic OH excluding ortho intramolecular Hbond substituents is 1. The maximum absolute atomic E-state index is 9.45. The number of nitrogens with one attached hydrogen (secondary N) is 1. The van der Waals surface area contributed by atoms with E-state index >= 15 is 0 Å². The fourth-order valence-electron chi connectivity index (χ4n) is 1.82. The summed E-state index contributed by atoms with van der Waals surface area (Å²) in [7, 11) is 9.38. The third-order valence-corrected chi connectivity index (χ3v) is 3.86. The summed E-state index contributed by atoms with van der Waals surface area (Å²) in [5.41, 5.74) is 3.10. The average Bonchev–Trinajstić information content (AvgIpc) is 2.89. The standard InChI is InChI=1S/C14H12N2OS.CH3BIP/c1-15-10-4-2-9(3-5-10)14-16-12-7-6-11(17)8-13(12)18-14;2-1(3)4/h2-8,15,17H,1H3;1H,4H2/i2*1-1. The molecular weight excluding hydrogens is 423 g/mol. The maximum atomic E-state index is 9.45. The molecule has 3 nitrogen and oxygen atoms in total. The summed E-state index contributed by atoms with van der Waals surface area (Å²) >= 11 is 3.67. The molecule has 0 spiro atoms. The quantitative estimate of drug-likeness (QED) is 0.269. The smallest absolute Gasteiger partial charge is 0.124 e. The highest BCUT2D eigenvalue weighted by Crippen LogP contribution is 2.32. The Bertz CT molecular complexity index is 746. The van der Waals surface area contributed by atoms with Gasteiger partial charge in [0.05, 0.1) is 18.1 Å². The van der Waals surface area contributed by atoms with Crippen LogP contribution in [0.25, 0.3) is 20.8 Å². The van der Waals surface area contributed by atoms with Crippen molar-refractivity contribution in [2.24, 2.45) is 0 Å². The van der Waals surface area contributed by atoms with Gasteiger partial charge in [0.15, 0.2) is 0 Å². The minimum Gasteiger partial charge on any atom is -0.508 e. The Morgan fingerprint density at radius 3 is 2.50 bits per heavy atom. The number of thiazole rings is 1. The molecule has 7 heteroatoms. The molecule has 2 N–H and O–H groups in total. The van der Waals surface area contributed by atoms with Crippen LogP contribution in [-0.4, -0.2) is 28.5 Å². The number of rotatable bonds is 2. The number of hydrogen-bond acceptors (Lipinski definition) is 4. The SMILES string of the molecule is [11CH3]Nc1ccc(-c2nc3ccc(O)cc3s2)cc1.[B][11CH](P)I. The lowest BCUT2D eigenvalue weighted by Crippen LogP contribution is -1.86. The lowest BCUT2D eigenvalue weighted by atomic mass is 9.88. The summed E-state index contributed by atoms with van der Waals surface area (Å²) in [6, 6.07) is 13.4. The lowest BCUT2D eigenvalue weighted by Gasteiger charge is -2.00. The van der Waals surface area contributed by atoms with Gasteiger partial charge in [0.2, 0.25) is 0 Å². The number of phenols is 1. The van der Waals surface area contributed by atoms with Crippen molar-refractivity contribution < 1.29 is 5.11 Å². The number of hydrogen-bond donors (Lipinski definition) is 2. The number of alkyl halides is 1. The number of benzene rings is 2. The second-order valence-electron chi connectivity index (χ2n) is 4.44. The summed E-state index contributed by atoms with van der Waals surface area (Å²) in [5, 5.41) is 13.5. The number of aromatic nitrogens is 1. The zero-order chi connectivity index (χ0) is 16.1. The minimum atomic E-state index is 0.220. The Balaban J connectivity index is 0.000000396. The van der Waals surface area contributed by atoms with Gasteiger partial charge in [0.25, 0.3) is 0 Å². The van der Waals surface area contributed by atoms with Crippen LogP contribution in [-0.2, 0) is 0 Å². The Morgan fingerprint density at radius 2 is 1.91 bits per heavy atom. The molecule has 0 saturated heterocycles. The molecule has 3 rings (SSSR count). The first-order valence-electron chi connectivity index (χ1n) is 6.52. The highest BCUT2D eigenvalue weighted by atomic mass is 127. The minimum absolute atomic E-state index is 0.220. The molecule has 2 unspecified atom stereocenters. The molecule has 0 fully saturated rings. The van der Waals surface area contributed by atoms with Crippen molar-refractivity contribution >= 4 is 66.9 Å². The monoisotopic (exact) mass is 438 g/mol. The molecular formula is C15H15BIN2OPS. The van der Waals surface area contributed by atoms with Crippen LogP contribution in [0.5, 0.6) is 5.75 Å². The van der Waals surface area contributed by atoms with Crippen molar-refractivity contribution in [1.82, 2.24) is 4.98 Å². The molecule has 0 amide bonds. The molecule has 2 aromatic carbocycles. The van der Waals surface area contributed by atoms with Crippen molar-refractivity contribution in [3.05, 3.63) is 42.5 Å². The van der Waals surface area contributed by atoms with Crippen molar-refractivity contribution in [3.8, 4) is 16.3 Å². The van der Waals surface area contributed by atoms with Crippen LogP contribution in [0.2, 0.25) is 0 Å².